The van der Waals surface area contributed by atoms with E-state index in [1.807, 2.05) is 0 Å². The summed E-state index contributed by atoms with van der Waals surface area (Å²) in [6.07, 6.45) is 1.24. The fourth-order valence-corrected chi connectivity index (χ4v) is 2.07. The van der Waals surface area contributed by atoms with E-state index in [-0.39, 0.29) is 11.5 Å². The maximum atomic E-state index is 11.3. The van der Waals surface area contributed by atoms with Gasteiger partial charge in [-0.15, -0.1) is 0 Å². The molecule has 0 aliphatic rings. The first-order valence-electron chi connectivity index (χ1n) is 5.46. The molecular formula is C12H6Cl2N4O2. The number of carbonyl (C=O) groups is 1. The summed E-state index contributed by atoms with van der Waals surface area (Å²) >= 11 is 11.8. The molecule has 3 aromatic rings. The normalized spacial score (nSPS) is 10.9. The summed E-state index contributed by atoms with van der Waals surface area (Å²) in [6, 6.07) is 6.35. The zero-order chi connectivity index (χ0) is 14.3. The van der Waals surface area contributed by atoms with E-state index in [9.17, 15) is 9.90 Å². The fourth-order valence-electron chi connectivity index (χ4n) is 1.77. The second-order valence-corrected chi connectivity index (χ2v) is 4.75. The van der Waals surface area contributed by atoms with Crippen LogP contribution in [0.5, 0.6) is 0 Å². The molecule has 0 atom stereocenters. The summed E-state index contributed by atoms with van der Waals surface area (Å²) < 4.78 is 1.16. The van der Waals surface area contributed by atoms with Crippen LogP contribution >= 0.6 is 23.2 Å². The van der Waals surface area contributed by atoms with E-state index in [0.29, 0.717) is 21.3 Å². The predicted octanol–water partition coefficient (Wildman–Crippen LogP) is 2.80. The molecule has 1 aromatic carbocycles. The summed E-state index contributed by atoms with van der Waals surface area (Å²) in [5.74, 6) is -0.921. The van der Waals surface area contributed by atoms with Gasteiger partial charge in [0.15, 0.2) is 5.69 Å². The second-order valence-electron chi connectivity index (χ2n) is 3.93. The molecule has 0 radical (unpaired) electrons. The Morgan fingerprint density at radius 2 is 2.00 bits per heavy atom. The van der Waals surface area contributed by atoms with Crippen LogP contribution in [-0.2, 0) is 0 Å². The Kier molecular flexibility index (Phi) is 3.04. The van der Waals surface area contributed by atoms with Gasteiger partial charge >= 0.3 is 5.97 Å². The molecule has 0 unspecified atom stereocenters. The predicted molar refractivity (Wildman–Crippen MR) is 73.2 cm³/mol. The highest BCUT2D eigenvalue weighted by atomic mass is 35.5. The van der Waals surface area contributed by atoms with Crippen LogP contribution in [0.3, 0.4) is 0 Å². The van der Waals surface area contributed by atoms with Crippen LogP contribution < -0.4 is 0 Å². The first-order chi connectivity index (χ1) is 9.56. The number of hydrogen-bond donors (Lipinski definition) is 1. The van der Waals surface area contributed by atoms with Crippen molar-refractivity contribution in [2.75, 3.05) is 0 Å². The van der Waals surface area contributed by atoms with Crippen molar-refractivity contribution in [3.63, 3.8) is 0 Å². The molecule has 2 heterocycles. The third-order valence-electron chi connectivity index (χ3n) is 2.69. The number of nitrogens with zero attached hydrogens (tertiary/aromatic N) is 4. The van der Waals surface area contributed by atoms with Gasteiger partial charge in [-0.3, -0.25) is 0 Å². The van der Waals surface area contributed by atoms with Gasteiger partial charge in [0.2, 0.25) is 0 Å². The SMILES string of the molecule is O=C(O)c1cc(-c2ccc(Cl)c(Cl)c2)nc2ncnn12. The molecule has 6 nitrogen and oxygen atoms in total. The highest BCUT2D eigenvalue weighted by molar-refractivity contribution is 6.42. The summed E-state index contributed by atoms with van der Waals surface area (Å²) in [6.45, 7) is 0. The van der Waals surface area contributed by atoms with Crippen molar-refractivity contribution in [2.24, 2.45) is 0 Å². The fraction of sp³-hybridized carbons (Fsp3) is 0. The largest absolute Gasteiger partial charge is 0.477 e. The Hall–Kier alpha value is -2.18. The lowest BCUT2D eigenvalue weighted by Gasteiger charge is -2.05. The molecule has 8 heteroatoms. The van der Waals surface area contributed by atoms with Crippen molar-refractivity contribution in [2.45, 2.75) is 0 Å². The Labute approximate surface area is 122 Å². The number of halogens is 2. The summed E-state index contributed by atoms with van der Waals surface area (Å²) in [5.41, 5.74) is 1.04. The first kappa shape index (κ1) is 12.8. The molecule has 0 amide bonds. The summed E-state index contributed by atoms with van der Waals surface area (Å²) in [7, 11) is 0. The van der Waals surface area contributed by atoms with Gasteiger partial charge in [0.05, 0.1) is 15.7 Å². The molecule has 3 rings (SSSR count). The number of benzene rings is 1. The van der Waals surface area contributed by atoms with Gasteiger partial charge in [0, 0.05) is 5.56 Å². The molecule has 0 aliphatic heterocycles. The third-order valence-corrected chi connectivity index (χ3v) is 3.43. The van der Waals surface area contributed by atoms with Gasteiger partial charge < -0.3 is 5.11 Å². The van der Waals surface area contributed by atoms with Crippen LogP contribution in [0.4, 0.5) is 0 Å². The lowest BCUT2D eigenvalue weighted by molar-refractivity contribution is 0.0687. The smallest absolute Gasteiger partial charge is 0.354 e. The Bertz CT molecular complexity index is 831. The van der Waals surface area contributed by atoms with Gasteiger partial charge in [-0.25, -0.2) is 9.78 Å². The van der Waals surface area contributed by atoms with Gasteiger partial charge in [0.1, 0.15) is 6.33 Å². The maximum Gasteiger partial charge on any atom is 0.354 e. The molecule has 0 saturated carbocycles. The molecule has 100 valence electrons. The van der Waals surface area contributed by atoms with Crippen LogP contribution in [0.15, 0.2) is 30.6 Å². The number of fused-ring (bicyclic) bond motifs is 1. The molecule has 2 aromatic heterocycles. The number of aromatic carboxylic acids is 1. The van der Waals surface area contributed by atoms with Crippen molar-refractivity contribution >= 4 is 34.9 Å². The lowest BCUT2D eigenvalue weighted by Crippen LogP contribution is -2.08. The van der Waals surface area contributed by atoms with Gasteiger partial charge in [-0.1, -0.05) is 29.3 Å². The van der Waals surface area contributed by atoms with Crippen molar-refractivity contribution < 1.29 is 9.90 Å². The quantitative estimate of drug-likeness (QED) is 0.787. The van der Waals surface area contributed by atoms with Gasteiger partial charge in [-0.2, -0.15) is 14.6 Å². The van der Waals surface area contributed by atoms with E-state index in [1.54, 1.807) is 18.2 Å². The van der Waals surface area contributed by atoms with Crippen molar-refractivity contribution in [1.82, 2.24) is 19.6 Å². The molecule has 1 N–H and O–H groups in total. The maximum absolute atomic E-state index is 11.3. The minimum Gasteiger partial charge on any atom is -0.477 e. The van der Waals surface area contributed by atoms with Gasteiger partial charge in [0.25, 0.3) is 5.78 Å². The average Bonchev–Trinajstić information content (AvgIpc) is 2.88. The number of carboxylic acids is 1. The molecule has 0 spiro atoms. The van der Waals surface area contributed by atoms with Gasteiger partial charge in [-0.05, 0) is 18.2 Å². The molecule has 0 fully saturated rings. The van der Waals surface area contributed by atoms with Crippen LogP contribution in [0, 0.1) is 0 Å². The molecule has 0 aliphatic carbocycles. The first-order valence-corrected chi connectivity index (χ1v) is 6.21. The minimum atomic E-state index is -1.12. The number of carboxylic acid groups (broad SMARTS) is 1. The Balaban J connectivity index is 2.25. The highest BCUT2D eigenvalue weighted by Gasteiger charge is 2.14. The monoisotopic (exact) mass is 308 g/mol. The summed E-state index contributed by atoms with van der Waals surface area (Å²) in [5, 5.41) is 13.8. The van der Waals surface area contributed by atoms with E-state index in [1.165, 1.54) is 12.4 Å². The number of aromatic nitrogens is 4. The van der Waals surface area contributed by atoms with E-state index in [2.05, 4.69) is 15.1 Å². The number of hydrogen-bond acceptors (Lipinski definition) is 4. The lowest BCUT2D eigenvalue weighted by atomic mass is 10.1. The average molecular weight is 309 g/mol. The van der Waals surface area contributed by atoms with E-state index in [0.717, 1.165) is 4.52 Å². The van der Waals surface area contributed by atoms with Crippen LogP contribution in [-0.4, -0.2) is 30.7 Å². The number of rotatable bonds is 2. The third kappa shape index (κ3) is 2.09. The molecule has 0 bridgehead atoms. The molecule has 20 heavy (non-hydrogen) atoms. The Morgan fingerprint density at radius 3 is 2.70 bits per heavy atom. The van der Waals surface area contributed by atoms with Crippen LogP contribution in [0.25, 0.3) is 17.0 Å². The zero-order valence-corrected chi connectivity index (χ0v) is 11.3. The van der Waals surface area contributed by atoms with E-state index < -0.39 is 5.97 Å². The Morgan fingerprint density at radius 1 is 1.20 bits per heavy atom. The van der Waals surface area contributed by atoms with Crippen LogP contribution in [0.1, 0.15) is 10.5 Å². The topological polar surface area (TPSA) is 80.4 Å². The van der Waals surface area contributed by atoms with Crippen molar-refractivity contribution in [3.05, 3.63) is 46.3 Å². The summed E-state index contributed by atoms with van der Waals surface area (Å²) in [4.78, 5) is 19.4. The molecule has 0 saturated heterocycles. The second kappa shape index (κ2) is 4.73. The molecular weight excluding hydrogens is 303 g/mol. The van der Waals surface area contributed by atoms with Crippen molar-refractivity contribution in [1.29, 1.82) is 0 Å². The minimum absolute atomic E-state index is 0.0337. The van der Waals surface area contributed by atoms with E-state index >= 15 is 0 Å². The zero-order valence-electron chi connectivity index (χ0n) is 9.79. The standard InChI is InChI=1S/C12H6Cl2N4O2/c13-7-2-1-6(3-8(7)14)9-4-10(11(19)20)18-12(17-9)15-5-16-18/h1-5H,(H,19,20). The van der Waals surface area contributed by atoms with Crippen LogP contribution in [0.2, 0.25) is 10.0 Å². The highest BCUT2D eigenvalue weighted by Crippen LogP contribution is 2.28. The van der Waals surface area contributed by atoms with Crippen molar-refractivity contribution in [3.8, 4) is 11.3 Å². The van der Waals surface area contributed by atoms with E-state index in [4.69, 9.17) is 23.2 Å².